The maximum absolute atomic E-state index is 12.8. The molecule has 1 aliphatic rings. The second-order valence-electron chi connectivity index (χ2n) is 6.71. The number of hydrogen-bond acceptors (Lipinski definition) is 5. The van der Waals surface area contributed by atoms with Gasteiger partial charge in [-0.15, -0.1) is 11.3 Å². The van der Waals surface area contributed by atoms with Crippen molar-refractivity contribution in [3.05, 3.63) is 87.1 Å². The van der Waals surface area contributed by atoms with Gasteiger partial charge in [-0.05, 0) is 55.0 Å². The standard InChI is InChI=1S/C23H19ClN2O3S/c1-14-21(11-15-3-6-19(28-2)7-4-15)30-23(25-14)26-22(27)16-9-10-29-20-8-5-18(24)13-17(20)12-16/h3-10,12-13H,11H2,1-2H3,(H,25,26,27). The fourth-order valence-corrected chi connectivity index (χ4v) is 4.19. The molecule has 1 aliphatic heterocycles. The highest BCUT2D eigenvalue weighted by Gasteiger charge is 2.16. The number of fused-ring (bicyclic) bond motifs is 1. The summed E-state index contributed by atoms with van der Waals surface area (Å²) in [5, 5.41) is 4.03. The van der Waals surface area contributed by atoms with Crippen molar-refractivity contribution in [3.63, 3.8) is 0 Å². The first-order valence-electron chi connectivity index (χ1n) is 9.27. The Morgan fingerprint density at radius 1 is 1.23 bits per heavy atom. The number of rotatable bonds is 5. The summed E-state index contributed by atoms with van der Waals surface area (Å²) in [6, 6.07) is 13.2. The number of amides is 1. The molecule has 30 heavy (non-hydrogen) atoms. The van der Waals surface area contributed by atoms with E-state index in [-0.39, 0.29) is 5.91 Å². The van der Waals surface area contributed by atoms with E-state index in [9.17, 15) is 4.79 Å². The largest absolute Gasteiger partial charge is 0.497 e. The van der Waals surface area contributed by atoms with Crippen molar-refractivity contribution in [2.45, 2.75) is 13.3 Å². The summed E-state index contributed by atoms with van der Waals surface area (Å²) < 4.78 is 10.7. The van der Waals surface area contributed by atoms with Gasteiger partial charge in [-0.3, -0.25) is 10.1 Å². The fraction of sp³-hybridized carbons (Fsp3) is 0.130. The molecule has 0 atom stereocenters. The summed E-state index contributed by atoms with van der Waals surface area (Å²) in [6.07, 6.45) is 5.61. The number of aryl methyl sites for hydroxylation is 1. The SMILES string of the molecule is COc1ccc(Cc2sc(NC(=O)C3=Cc4cc(Cl)ccc4OC=C3)nc2C)cc1. The molecule has 4 rings (SSSR count). The van der Waals surface area contributed by atoms with E-state index in [4.69, 9.17) is 21.1 Å². The van der Waals surface area contributed by atoms with Crippen LogP contribution < -0.4 is 14.8 Å². The zero-order chi connectivity index (χ0) is 21.1. The average molecular weight is 439 g/mol. The van der Waals surface area contributed by atoms with Crippen molar-refractivity contribution in [2.24, 2.45) is 0 Å². The van der Waals surface area contributed by atoms with Crippen molar-refractivity contribution < 1.29 is 14.3 Å². The monoisotopic (exact) mass is 438 g/mol. The highest BCUT2D eigenvalue weighted by atomic mass is 35.5. The predicted molar refractivity (Wildman–Crippen MR) is 120 cm³/mol. The highest BCUT2D eigenvalue weighted by Crippen LogP contribution is 2.29. The van der Waals surface area contributed by atoms with Crippen molar-refractivity contribution in [3.8, 4) is 11.5 Å². The number of halogens is 1. The minimum Gasteiger partial charge on any atom is -0.497 e. The van der Waals surface area contributed by atoms with Crippen LogP contribution in [0.2, 0.25) is 5.02 Å². The van der Waals surface area contributed by atoms with Crippen molar-refractivity contribution >= 4 is 40.1 Å². The smallest absolute Gasteiger partial charge is 0.257 e. The van der Waals surface area contributed by atoms with Gasteiger partial charge in [0.2, 0.25) is 0 Å². The molecule has 0 fully saturated rings. The van der Waals surface area contributed by atoms with Crippen LogP contribution in [0.5, 0.6) is 11.5 Å². The fourth-order valence-electron chi connectivity index (χ4n) is 3.02. The molecule has 0 radical (unpaired) electrons. The van der Waals surface area contributed by atoms with Gasteiger partial charge in [-0.25, -0.2) is 4.98 Å². The molecule has 0 bridgehead atoms. The summed E-state index contributed by atoms with van der Waals surface area (Å²) in [7, 11) is 1.65. The first kappa shape index (κ1) is 20.2. The van der Waals surface area contributed by atoms with E-state index >= 15 is 0 Å². The molecule has 7 heteroatoms. The van der Waals surface area contributed by atoms with Gasteiger partial charge >= 0.3 is 0 Å². The highest BCUT2D eigenvalue weighted by molar-refractivity contribution is 7.15. The summed E-state index contributed by atoms with van der Waals surface area (Å²) >= 11 is 7.54. The van der Waals surface area contributed by atoms with Crippen LogP contribution in [0.4, 0.5) is 5.13 Å². The third-order valence-electron chi connectivity index (χ3n) is 4.62. The second-order valence-corrected chi connectivity index (χ2v) is 8.23. The first-order chi connectivity index (χ1) is 14.5. The Kier molecular flexibility index (Phi) is 5.88. The minimum atomic E-state index is -0.257. The van der Waals surface area contributed by atoms with Crippen molar-refractivity contribution in [1.29, 1.82) is 0 Å². The molecule has 0 saturated heterocycles. The molecular weight excluding hydrogens is 420 g/mol. The molecule has 5 nitrogen and oxygen atoms in total. The number of thiazole rings is 1. The molecule has 2 aromatic carbocycles. The van der Waals surface area contributed by atoms with E-state index in [1.54, 1.807) is 37.5 Å². The normalized spacial score (nSPS) is 12.4. The Hall–Kier alpha value is -3.09. The number of aromatic nitrogens is 1. The van der Waals surface area contributed by atoms with Crippen LogP contribution in [-0.4, -0.2) is 18.0 Å². The Morgan fingerprint density at radius 2 is 2.03 bits per heavy atom. The first-order valence-corrected chi connectivity index (χ1v) is 10.5. The molecular formula is C23H19ClN2O3S. The maximum Gasteiger partial charge on any atom is 0.257 e. The number of anilines is 1. The minimum absolute atomic E-state index is 0.257. The lowest BCUT2D eigenvalue weighted by Gasteiger charge is -2.04. The van der Waals surface area contributed by atoms with Crippen LogP contribution >= 0.6 is 22.9 Å². The summed E-state index contributed by atoms with van der Waals surface area (Å²) in [5.41, 5.74) is 3.26. The summed E-state index contributed by atoms with van der Waals surface area (Å²) in [6.45, 7) is 1.95. The molecule has 0 aliphatic carbocycles. The predicted octanol–water partition coefficient (Wildman–Crippen LogP) is 5.63. The van der Waals surface area contributed by atoms with Gasteiger partial charge in [-0.2, -0.15) is 0 Å². The lowest BCUT2D eigenvalue weighted by atomic mass is 10.1. The maximum atomic E-state index is 12.8. The summed E-state index contributed by atoms with van der Waals surface area (Å²) in [4.78, 5) is 18.4. The molecule has 2 heterocycles. The molecule has 1 amide bonds. The number of ether oxygens (including phenoxy) is 2. The lowest BCUT2D eigenvalue weighted by Crippen LogP contribution is -2.12. The molecule has 1 N–H and O–H groups in total. The number of methoxy groups -OCH3 is 1. The van der Waals surface area contributed by atoms with E-state index in [1.165, 1.54) is 17.6 Å². The van der Waals surface area contributed by atoms with Gasteiger partial charge in [0.25, 0.3) is 5.91 Å². The zero-order valence-electron chi connectivity index (χ0n) is 16.4. The van der Waals surface area contributed by atoms with Gasteiger partial charge < -0.3 is 9.47 Å². The topological polar surface area (TPSA) is 60.5 Å². The Bertz CT molecular complexity index is 1150. The van der Waals surface area contributed by atoms with Crippen molar-refractivity contribution in [2.75, 3.05) is 12.4 Å². The van der Waals surface area contributed by atoms with E-state index in [2.05, 4.69) is 10.3 Å². The molecule has 3 aromatic rings. The number of nitrogens with one attached hydrogen (secondary N) is 1. The molecule has 0 saturated carbocycles. The van der Waals surface area contributed by atoms with Gasteiger partial charge in [-0.1, -0.05) is 23.7 Å². The summed E-state index contributed by atoms with van der Waals surface area (Å²) in [5.74, 6) is 1.21. The molecule has 0 unspecified atom stereocenters. The number of carbonyl (C=O) groups excluding carboxylic acids is 1. The van der Waals surface area contributed by atoms with Crippen LogP contribution in [0, 0.1) is 6.92 Å². The lowest BCUT2D eigenvalue weighted by molar-refractivity contribution is -0.112. The van der Waals surface area contributed by atoms with Gasteiger partial charge in [0, 0.05) is 27.5 Å². The Balaban J connectivity index is 1.50. The van der Waals surface area contributed by atoms with Crippen LogP contribution in [0.3, 0.4) is 0 Å². The van der Waals surface area contributed by atoms with E-state index in [0.717, 1.165) is 33.9 Å². The second kappa shape index (κ2) is 8.73. The van der Waals surface area contributed by atoms with Crippen LogP contribution in [-0.2, 0) is 11.2 Å². The number of hydrogen-bond donors (Lipinski definition) is 1. The molecule has 1 aromatic heterocycles. The van der Waals surface area contributed by atoms with E-state index in [1.807, 2.05) is 31.2 Å². The van der Waals surface area contributed by atoms with Gasteiger partial charge in [0.05, 0.1) is 19.1 Å². The molecule has 152 valence electrons. The number of nitrogens with zero attached hydrogens (tertiary/aromatic N) is 1. The van der Waals surface area contributed by atoms with Crippen LogP contribution in [0.25, 0.3) is 6.08 Å². The number of carbonyl (C=O) groups is 1. The van der Waals surface area contributed by atoms with E-state index < -0.39 is 0 Å². The van der Waals surface area contributed by atoms with Crippen LogP contribution in [0.1, 0.15) is 21.7 Å². The number of benzene rings is 2. The van der Waals surface area contributed by atoms with Crippen molar-refractivity contribution in [1.82, 2.24) is 4.98 Å². The third-order valence-corrected chi connectivity index (χ3v) is 5.93. The zero-order valence-corrected chi connectivity index (χ0v) is 18.0. The Morgan fingerprint density at radius 3 is 2.80 bits per heavy atom. The van der Waals surface area contributed by atoms with E-state index in [0.29, 0.717) is 21.5 Å². The van der Waals surface area contributed by atoms with Gasteiger partial charge in [0.15, 0.2) is 5.13 Å². The molecule has 0 spiro atoms. The Labute approximate surface area is 183 Å². The quantitative estimate of drug-likeness (QED) is 0.560. The third kappa shape index (κ3) is 4.56. The average Bonchev–Trinajstić information content (AvgIpc) is 2.94. The van der Waals surface area contributed by atoms with Gasteiger partial charge in [0.1, 0.15) is 11.5 Å². The van der Waals surface area contributed by atoms with Crippen LogP contribution in [0.15, 0.2) is 60.4 Å².